The lowest BCUT2D eigenvalue weighted by atomic mass is 10.1. The number of hydrogen-bond acceptors (Lipinski definition) is 4. The number of aliphatic carboxylic acids is 1. The second-order valence-electron chi connectivity index (χ2n) is 3.87. The fraction of sp³-hybridized carbons (Fsp3) is 0.500. The average Bonchev–Trinajstić information content (AvgIpc) is 2.54. The summed E-state index contributed by atoms with van der Waals surface area (Å²) in [4.78, 5) is 22.7. The molecule has 0 aliphatic carbocycles. The molecule has 0 fully saturated rings. The molecule has 1 heterocycles. The zero-order valence-electron chi connectivity index (χ0n) is 10.1. The maximum absolute atomic E-state index is 12.3. The molecular weight excluding hydrogens is 269 g/mol. The number of alkyl halides is 3. The first-order chi connectivity index (χ1) is 8.61. The van der Waals surface area contributed by atoms with E-state index in [1.807, 2.05) is 0 Å². The maximum Gasteiger partial charge on any atom is 0.406 e. The maximum atomic E-state index is 12.3. The van der Waals surface area contributed by atoms with Crippen LogP contribution < -0.4 is 0 Å². The van der Waals surface area contributed by atoms with Crippen molar-refractivity contribution in [3.05, 3.63) is 17.0 Å². The molecule has 0 unspecified atom stereocenters. The molecule has 6 nitrogen and oxygen atoms in total. The molecule has 0 spiro atoms. The highest BCUT2D eigenvalue weighted by molar-refractivity contribution is 5.97. The van der Waals surface area contributed by atoms with Crippen LogP contribution >= 0.6 is 0 Å². The van der Waals surface area contributed by atoms with Gasteiger partial charge < -0.3 is 14.5 Å². The summed E-state index contributed by atoms with van der Waals surface area (Å²) >= 11 is 0. The van der Waals surface area contributed by atoms with Crippen molar-refractivity contribution in [3.8, 4) is 0 Å². The Hall–Kier alpha value is -2.06. The van der Waals surface area contributed by atoms with Gasteiger partial charge in [0, 0.05) is 0 Å². The summed E-state index contributed by atoms with van der Waals surface area (Å²) in [6.07, 6.45) is -4.69. The van der Waals surface area contributed by atoms with Gasteiger partial charge in [0.25, 0.3) is 5.91 Å². The highest BCUT2D eigenvalue weighted by atomic mass is 19.4. The van der Waals surface area contributed by atoms with Gasteiger partial charge in [-0.05, 0) is 13.8 Å². The summed E-state index contributed by atoms with van der Waals surface area (Å²) in [5.41, 5.74) is -0.0365. The summed E-state index contributed by atoms with van der Waals surface area (Å²) in [5, 5.41) is 12.0. The number of carboxylic acid groups (broad SMARTS) is 1. The third-order valence-electron chi connectivity index (χ3n) is 2.23. The van der Waals surface area contributed by atoms with Crippen molar-refractivity contribution in [1.82, 2.24) is 10.1 Å². The van der Waals surface area contributed by atoms with Gasteiger partial charge in [0.15, 0.2) is 0 Å². The van der Waals surface area contributed by atoms with Crippen LogP contribution in [0.15, 0.2) is 4.52 Å². The molecule has 0 bridgehead atoms. The van der Waals surface area contributed by atoms with Gasteiger partial charge >= 0.3 is 12.1 Å². The van der Waals surface area contributed by atoms with Crippen molar-refractivity contribution in [2.75, 3.05) is 13.1 Å². The number of amides is 1. The number of hydrogen-bond donors (Lipinski definition) is 1. The molecule has 1 N–H and O–H groups in total. The molecule has 1 amide bonds. The molecule has 0 atom stereocenters. The SMILES string of the molecule is Cc1noc(C)c1C(=O)N(CC(=O)O)CC(F)(F)F. The Morgan fingerprint density at radius 2 is 1.95 bits per heavy atom. The molecule has 1 aromatic heterocycles. The van der Waals surface area contributed by atoms with E-state index in [0.717, 1.165) is 0 Å². The number of rotatable bonds is 4. The number of carbonyl (C=O) groups excluding carboxylic acids is 1. The summed E-state index contributed by atoms with van der Waals surface area (Å²) < 4.78 is 41.7. The van der Waals surface area contributed by atoms with Gasteiger partial charge in [0.2, 0.25) is 0 Å². The van der Waals surface area contributed by atoms with Crippen LogP contribution in [0.2, 0.25) is 0 Å². The monoisotopic (exact) mass is 280 g/mol. The number of nitrogens with zero attached hydrogens (tertiary/aromatic N) is 2. The molecule has 9 heteroatoms. The van der Waals surface area contributed by atoms with Crippen LogP contribution in [0.1, 0.15) is 21.8 Å². The minimum absolute atomic E-state index is 0.0417. The van der Waals surface area contributed by atoms with Crippen LogP contribution in [0.3, 0.4) is 0 Å². The van der Waals surface area contributed by atoms with E-state index in [1.165, 1.54) is 13.8 Å². The summed E-state index contributed by atoms with van der Waals surface area (Å²) in [5.74, 6) is -2.57. The van der Waals surface area contributed by atoms with Gasteiger partial charge in [0.1, 0.15) is 24.4 Å². The second kappa shape index (κ2) is 5.29. The average molecular weight is 280 g/mol. The lowest BCUT2D eigenvalue weighted by Gasteiger charge is -2.21. The highest BCUT2D eigenvalue weighted by Gasteiger charge is 2.35. The third-order valence-corrected chi connectivity index (χ3v) is 2.23. The van der Waals surface area contributed by atoms with Crippen LogP contribution in [0.4, 0.5) is 13.2 Å². The number of carboxylic acids is 1. The van der Waals surface area contributed by atoms with Crippen molar-refractivity contribution >= 4 is 11.9 Å². The second-order valence-corrected chi connectivity index (χ2v) is 3.87. The van der Waals surface area contributed by atoms with Crippen molar-refractivity contribution in [2.45, 2.75) is 20.0 Å². The van der Waals surface area contributed by atoms with E-state index in [2.05, 4.69) is 9.68 Å². The zero-order chi connectivity index (χ0) is 14.8. The molecule has 0 saturated heterocycles. The normalized spacial score (nSPS) is 11.4. The van der Waals surface area contributed by atoms with Crippen LogP contribution in [0.25, 0.3) is 0 Å². The summed E-state index contributed by atoms with van der Waals surface area (Å²) in [6, 6.07) is 0. The van der Waals surface area contributed by atoms with Crippen LogP contribution in [0, 0.1) is 13.8 Å². The largest absolute Gasteiger partial charge is 0.480 e. The van der Waals surface area contributed by atoms with Gasteiger partial charge in [0.05, 0.1) is 5.69 Å². The number of halogens is 3. The smallest absolute Gasteiger partial charge is 0.406 e. The van der Waals surface area contributed by atoms with Crippen molar-refractivity contribution in [3.63, 3.8) is 0 Å². The van der Waals surface area contributed by atoms with Crippen molar-refractivity contribution in [1.29, 1.82) is 0 Å². The van der Waals surface area contributed by atoms with Gasteiger partial charge in [-0.25, -0.2) is 0 Å². The van der Waals surface area contributed by atoms with E-state index >= 15 is 0 Å². The van der Waals surface area contributed by atoms with Gasteiger partial charge in [-0.3, -0.25) is 9.59 Å². The predicted molar refractivity (Wildman–Crippen MR) is 55.6 cm³/mol. The molecule has 106 valence electrons. The molecule has 0 saturated carbocycles. The van der Waals surface area contributed by atoms with E-state index in [-0.39, 0.29) is 21.9 Å². The Kier molecular flexibility index (Phi) is 4.17. The van der Waals surface area contributed by atoms with Gasteiger partial charge in [-0.15, -0.1) is 0 Å². The quantitative estimate of drug-likeness (QED) is 0.900. The van der Waals surface area contributed by atoms with E-state index in [0.29, 0.717) is 0 Å². The zero-order valence-corrected chi connectivity index (χ0v) is 10.1. The molecule has 1 aromatic rings. The Bertz CT molecular complexity index is 476. The Labute approximate surface area is 105 Å². The van der Waals surface area contributed by atoms with Crippen molar-refractivity contribution < 1.29 is 32.4 Å². The first kappa shape index (κ1) is 15.0. The third kappa shape index (κ3) is 3.97. The Morgan fingerprint density at radius 1 is 1.37 bits per heavy atom. The number of aromatic nitrogens is 1. The fourth-order valence-electron chi connectivity index (χ4n) is 1.53. The van der Waals surface area contributed by atoms with Gasteiger partial charge in [-0.2, -0.15) is 13.2 Å². The summed E-state index contributed by atoms with van der Waals surface area (Å²) in [6.45, 7) is 0.0423. The van der Waals surface area contributed by atoms with E-state index in [9.17, 15) is 22.8 Å². The minimum atomic E-state index is -4.69. The summed E-state index contributed by atoms with van der Waals surface area (Å²) in [7, 11) is 0. The first-order valence-corrected chi connectivity index (χ1v) is 5.12. The molecule has 0 aliphatic rings. The van der Waals surface area contributed by atoms with Gasteiger partial charge in [-0.1, -0.05) is 5.16 Å². The Morgan fingerprint density at radius 3 is 2.32 bits per heavy atom. The first-order valence-electron chi connectivity index (χ1n) is 5.12. The fourth-order valence-corrected chi connectivity index (χ4v) is 1.53. The standard InChI is InChI=1S/C10H11F3N2O4/c1-5-8(6(2)19-14-5)9(18)15(3-7(16)17)4-10(11,12)13/h3-4H2,1-2H3,(H,16,17). The lowest BCUT2D eigenvalue weighted by Crippen LogP contribution is -2.42. The van der Waals surface area contributed by atoms with E-state index in [1.54, 1.807) is 0 Å². The van der Waals surface area contributed by atoms with Crippen LogP contribution in [0.5, 0.6) is 0 Å². The molecular formula is C10H11F3N2O4. The number of carbonyl (C=O) groups is 2. The topological polar surface area (TPSA) is 83.6 Å². The van der Waals surface area contributed by atoms with E-state index < -0.39 is 31.1 Å². The van der Waals surface area contributed by atoms with Crippen LogP contribution in [-0.2, 0) is 4.79 Å². The number of aryl methyl sites for hydroxylation is 2. The highest BCUT2D eigenvalue weighted by Crippen LogP contribution is 2.20. The molecule has 0 aliphatic heterocycles. The van der Waals surface area contributed by atoms with Crippen LogP contribution in [-0.4, -0.2) is 46.3 Å². The van der Waals surface area contributed by atoms with Crippen molar-refractivity contribution in [2.24, 2.45) is 0 Å². The molecule has 0 radical (unpaired) electrons. The lowest BCUT2D eigenvalue weighted by molar-refractivity contribution is -0.149. The molecule has 1 rings (SSSR count). The molecule has 19 heavy (non-hydrogen) atoms. The minimum Gasteiger partial charge on any atom is -0.480 e. The predicted octanol–water partition coefficient (Wildman–Crippen LogP) is 1.38. The molecule has 0 aromatic carbocycles. The van der Waals surface area contributed by atoms with E-state index in [4.69, 9.17) is 5.11 Å². The Balaban J connectivity index is 3.04.